The second-order valence-electron chi connectivity index (χ2n) is 4.45. The minimum atomic E-state index is -0.0368. The lowest BCUT2D eigenvalue weighted by atomic mass is 10.1. The molecule has 4 nitrogen and oxygen atoms in total. The molecule has 0 unspecified atom stereocenters. The zero-order chi connectivity index (χ0) is 14.3. The Balaban J connectivity index is 3.08. The van der Waals surface area contributed by atoms with Crippen LogP contribution in [0.5, 0.6) is 5.75 Å². The van der Waals surface area contributed by atoms with E-state index in [9.17, 15) is 4.79 Å². The molecule has 0 aliphatic heterocycles. The largest absolute Gasteiger partial charge is 0.493 e. The number of carbonyl (C=O) groups excluding carboxylic acids is 1. The maximum atomic E-state index is 12.6. The molecule has 0 fully saturated rings. The molecule has 0 saturated carbocycles. The van der Waals surface area contributed by atoms with E-state index in [1.807, 2.05) is 11.8 Å². The van der Waals surface area contributed by atoms with Crippen molar-refractivity contribution < 1.29 is 9.53 Å². The van der Waals surface area contributed by atoms with Crippen molar-refractivity contribution in [3.63, 3.8) is 0 Å². The van der Waals surface area contributed by atoms with Crippen LogP contribution in [0.4, 0.5) is 5.69 Å². The first-order valence-corrected chi connectivity index (χ1v) is 6.96. The first-order chi connectivity index (χ1) is 9.15. The average molecular weight is 264 g/mol. The molecule has 0 aliphatic carbocycles. The Morgan fingerprint density at radius 1 is 1.21 bits per heavy atom. The van der Waals surface area contributed by atoms with Crippen LogP contribution < -0.4 is 10.5 Å². The number of ether oxygens (including phenoxy) is 1. The van der Waals surface area contributed by atoms with E-state index in [-0.39, 0.29) is 5.91 Å². The van der Waals surface area contributed by atoms with E-state index in [1.54, 1.807) is 18.2 Å². The predicted molar refractivity (Wildman–Crippen MR) is 78.5 cm³/mol. The third-order valence-electron chi connectivity index (χ3n) is 2.85. The number of hydrogen-bond donors (Lipinski definition) is 1. The average Bonchev–Trinajstić information content (AvgIpc) is 2.38. The first kappa shape index (κ1) is 15.3. The number of amides is 1. The van der Waals surface area contributed by atoms with E-state index < -0.39 is 0 Å². The maximum absolute atomic E-state index is 12.6. The summed E-state index contributed by atoms with van der Waals surface area (Å²) in [6.45, 7) is 8.03. The summed E-state index contributed by atoms with van der Waals surface area (Å²) in [5.74, 6) is 0.537. The summed E-state index contributed by atoms with van der Waals surface area (Å²) in [5, 5.41) is 0. The summed E-state index contributed by atoms with van der Waals surface area (Å²) >= 11 is 0. The number of hydrogen-bond acceptors (Lipinski definition) is 3. The molecule has 0 aromatic heterocycles. The number of nitrogens with two attached hydrogens (primary N) is 1. The normalized spacial score (nSPS) is 10.3. The highest BCUT2D eigenvalue weighted by atomic mass is 16.5. The number of nitrogen functional groups attached to an aromatic ring is 1. The molecular formula is C15H24N2O2. The number of benzene rings is 1. The van der Waals surface area contributed by atoms with Crippen LogP contribution in [-0.4, -0.2) is 30.5 Å². The van der Waals surface area contributed by atoms with Crippen molar-refractivity contribution in [1.82, 2.24) is 4.90 Å². The summed E-state index contributed by atoms with van der Waals surface area (Å²) in [6.07, 6.45) is 1.87. The molecule has 1 amide bonds. The van der Waals surface area contributed by atoms with Crippen molar-refractivity contribution in [2.24, 2.45) is 0 Å². The Labute approximate surface area is 115 Å². The highest BCUT2D eigenvalue weighted by Crippen LogP contribution is 2.26. The van der Waals surface area contributed by atoms with Gasteiger partial charge in [0.15, 0.2) is 0 Å². The maximum Gasteiger partial charge on any atom is 0.259 e. The van der Waals surface area contributed by atoms with Gasteiger partial charge in [-0.3, -0.25) is 4.79 Å². The van der Waals surface area contributed by atoms with Crippen LogP contribution in [-0.2, 0) is 0 Å². The molecule has 1 aromatic rings. The van der Waals surface area contributed by atoms with Crippen LogP contribution in [0.25, 0.3) is 0 Å². The van der Waals surface area contributed by atoms with Crippen LogP contribution in [0.1, 0.15) is 44.0 Å². The van der Waals surface area contributed by atoms with Crippen LogP contribution in [0, 0.1) is 0 Å². The summed E-state index contributed by atoms with van der Waals surface area (Å²) in [6, 6.07) is 5.34. The molecule has 0 spiro atoms. The van der Waals surface area contributed by atoms with Gasteiger partial charge in [0.25, 0.3) is 5.91 Å². The Morgan fingerprint density at radius 2 is 1.84 bits per heavy atom. The summed E-state index contributed by atoms with van der Waals surface area (Å²) in [5.41, 5.74) is 6.93. The highest BCUT2D eigenvalue weighted by molar-refractivity contribution is 6.01. The molecule has 106 valence electrons. The van der Waals surface area contributed by atoms with Crippen molar-refractivity contribution in [2.45, 2.75) is 33.6 Å². The third-order valence-corrected chi connectivity index (χ3v) is 2.85. The van der Waals surface area contributed by atoms with Crippen LogP contribution in [0.15, 0.2) is 18.2 Å². The van der Waals surface area contributed by atoms with Gasteiger partial charge in [0.2, 0.25) is 0 Å². The van der Waals surface area contributed by atoms with Gasteiger partial charge in [-0.2, -0.15) is 0 Å². The van der Waals surface area contributed by atoms with Crippen LogP contribution >= 0.6 is 0 Å². The molecule has 19 heavy (non-hydrogen) atoms. The number of carbonyl (C=O) groups is 1. The lowest BCUT2D eigenvalue weighted by molar-refractivity contribution is 0.0752. The van der Waals surface area contributed by atoms with E-state index in [0.717, 1.165) is 25.9 Å². The van der Waals surface area contributed by atoms with E-state index in [2.05, 4.69) is 13.8 Å². The second-order valence-corrected chi connectivity index (χ2v) is 4.45. The quantitative estimate of drug-likeness (QED) is 0.770. The first-order valence-electron chi connectivity index (χ1n) is 6.96. The lowest BCUT2D eigenvalue weighted by Crippen LogP contribution is -2.33. The second kappa shape index (κ2) is 7.67. The van der Waals surface area contributed by atoms with Crippen molar-refractivity contribution in [3.8, 4) is 5.75 Å². The summed E-state index contributed by atoms with van der Waals surface area (Å²) in [4.78, 5) is 14.4. The number of rotatable bonds is 7. The van der Waals surface area contributed by atoms with E-state index in [1.165, 1.54) is 0 Å². The third kappa shape index (κ3) is 3.88. The zero-order valence-electron chi connectivity index (χ0n) is 12.1. The Bertz CT molecular complexity index is 413. The highest BCUT2D eigenvalue weighted by Gasteiger charge is 2.21. The van der Waals surface area contributed by atoms with Gasteiger partial charge < -0.3 is 15.4 Å². The summed E-state index contributed by atoms with van der Waals surface area (Å²) < 4.78 is 5.52. The van der Waals surface area contributed by atoms with E-state index in [4.69, 9.17) is 10.5 Å². The van der Waals surface area contributed by atoms with Gasteiger partial charge >= 0.3 is 0 Å². The molecule has 0 radical (unpaired) electrons. The SMILES string of the molecule is CCCN(CCC)C(=O)c1c(N)cccc1OCC. The van der Waals surface area contributed by atoms with Gasteiger partial charge in [-0.1, -0.05) is 19.9 Å². The van der Waals surface area contributed by atoms with Gasteiger partial charge in [-0.25, -0.2) is 0 Å². The fraction of sp³-hybridized carbons (Fsp3) is 0.533. The monoisotopic (exact) mass is 264 g/mol. The molecule has 0 aliphatic rings. The van der Waals surface area contributed by atoms with Gasteiger partial charge in [-0.05, 0) is 31.9 Å². The molecular weight excluding hydrogens is 240 g/mol. The number of anilines is 1. The molecule has 0 saturated heterocycles. The minimum Gasteiger partial charge on any atom is -0.493 e. The van der Waals surface area contributed by atoms with Gasteiger partial charge in [0.1, 0.15) is 11.3 Å². The zero-order valence-corrected chi connectivity index (χ0v) is 12.1. The van der Waals surface area contributed by atoms with E-state index >= 15 is 0 Å². The lowest BCUT2D eigenvalue weighted by Gasteiger charge is -2.23. The molecule has 1 aromatic carbocycles. The van der Waals surface area contributed by atoms with Gasteiger partial charge in [-0.15, -0.1) is 0 Å². The standard InChI is InChI=1S/C15H24N2O2/c1-4-10-17(11-5-2)15(18)14-12(16)8-7-9-13(14)19-6-3/h7-9H,4-6,10-11,16H2,1-3H3. The van der Waals surface area contributed by atoms with Crippen molar-refractivity contribution in [1.29, 1.82) is 0 Å². The van der Waals surface area contributed by atoms with Crippen molar-refractivity contribution >= 4 is 11.6 Å². The molecule has 4 heteroatoms. The molecule has 0 bridgehead atoms. The number of nitrogens with zero attached hydrogens (tertiary/aromatic N) is 1. The Morgan fingerprint density at radius 3 is 2.37 bits per heavy atom. The van der Waals surface area contributed by atoms with E-state index in [0.29, 0.717) is 23.6 Å². The Kier molecular flexibility index (Phi) is 6.19. The minimum absolute atomic E-state index is 0.0368. The fourth-order valence-electron chi connectivity index (χ4n) is 2.07. The van der Waals surface area contributed by atoms with Gasteiger partial charge in [0, 0.05) is 18.8 Å². The Hall–Kier alpha value is -1.71. The molecule has 1 rings (SSSR count). The van der Waals surface area contributed by atoms with Crippen molar-refractivity contribution in [3.05, 3.63) is 23.8 Å². The van der Waals surface area contributed by atoms with Crippen molar-refractivity contribution in [2.75, 3.05) is 25.4 Å². The summed E-state index contributed by atoms with van der Waals surface area (Å²) in [7, 11) is 0. The smallest absolute Gasteiger partial charge is 0.259 e. The molecule has 0 heterocycles. The van der Waals surface area contributed by atoms with Crippen LogP contribution in [0.2, 0.25) is 0 Å². The fourth-order valence-corrected chi connectivity index (χ4v) is 2.07. The molecule has 2 N–H and O–H groups in total. The molecule has 0 atom stereocenters. The topological polar surface area (TPSA) is 55.6 Å². The van der Waals surface area contributed by atoms with Gasteiger partial charge in [0.05, 0.1) is 6.61 Å². The predicted octanol–water partition coefficient (Wildman–Crippen LogP) is 2.93. The van der Waals surface area contributed by atoms with Crippen LogP contribution in [0.3, 0.4) is 0 Å².